The summed E-state index contributed by atoms with van der Waals surface area (Å²) in [5.74, 6) is -0.0351. The normalized spacial score (nSPS) is 15.8. The summed E-state index contributed by atoms with van der Waals surface area (Å²) in [4.78, 5) is 24.9. The Morgan fingerprint density at radius 2 is 2.05 bits per heavy atom. The van der Waals surface area contributed by atoms with Gasteiger partial charge in [0.1, 0.15) is 5.82 Å². The van der Waals surface area contributed by atoms with Crippen LogP contribution in [0, 0.1) is 11.7 Å². The fourth-order valence-electron chi connectivity index (χ4n) is 2.39. The summed E-state index contributed by atoms with van der Waals surface area (Å²) in [6, 6.07) is 4.54. The smallest absolute Gasteiger partial charge is 0.232 e. The molecule has 0 spiro atoms. The van der Waals surface area contributed by atoms with Crippen LogP contribution in [0.25, 0.3) is 0 Å². The second kappa shape index (κ2) is 7.83. The van der Waals surface area contributed by atoms with Crippen LogP contribution in [0.15, 0.2) is 18.2 Å². The third-order valence-electron chi connectivity index (χ3n) is 3.75. The van der Waals surface area contributed by atoms with Crippen LogP contribution in [0.1, 0.15) is 18.4 Å². The molecule has 0 unspecified atom stereocenters. The first kappa shape index (κ1) is 17.1. The van der Waals surface area contributed by atoms with E-state index in [1.54, 1.807) is 17.0 Å². The Bertz CT molecular complexity index is 562. The van der Waals surface area contributed by atoms with Gasteiger partial charge in [-0.15, -0.1) is 11.8 Å². The molecule has 1 aliphatic rings. The second-order valence-corrected chi connectivity index (χ2v) is 6.71. The Balaban J connectivity index is 1.75. The van der Waals surface area contributed by atoms with E-state index in [1.807, 2.05) is 0 Å². The Hall–Kier alpha value is -1.27. The summed E-state index contributed by atoms with van der Waals surface area (Å²) in [6.07, 6.45) is 1.25. The predicted molar refractivity (Wildman–Crippen MR) is 86.1 cm³/mol. The van der Waals surface area contributed by atoms with E-state index >= 15 is 0 Å². The van der Waals surface area contributed by atoms with Crippen LogP contribution < -0.4 is 5.73 Å². The highest BCUT2D eigenvalue weighted by Crippen LogP contribution is 2.21. The van der Waals surface area contributed by atoms with Gasteiger partial charge in [-0.3, -0.25) is 9.59 Å². The van der Waals surface area contributed by atoms with Gasteiger partial charge in [0.05, 0.1) is 5.75 Å². The molecule has 1 aromatic rings. The Morgan fingerprint density at radius 3 is 2.64 bits per heavy atom. The molecule has 1 aromatic carbocycles. The number of thioether (sulfide) groups is 1. The highest BCUT2D eigenvalue weighted by molar-refractivity contribution is 7.99. The van der Waals surface area contributed by atoms with Gasteiger partial charge >= 0.3 is 0 Å². The molecule has 1 aliphatic heterocycles. The van der Waals surface area contributed by atoms with E-state index in [1.165, 1.54) is 17.8 Å². The van der Waals surface area contributed by atoms with Crippen molar-refractivity contribution < 1.29 is 14.0 Å². The van der Waals surface area contributed by atoms with Gasteiger partial charge in [0.2, 0.25) is 11.8 Å². The van der Waals surface area contributed by atoms with Gasteiger partial charge in [-0.05, 0) is 30.5 Å². The highest BCUT2D eigenvalue weighted by Gasteiger charge is 2.25. The lowest BCUT2D eigenvalue weighted by Gasteiger charge is -2.30. The van der Waals surface area contributed by atoms with Crippen LogP contribution in [-0.2, 0) is 15.3 Å². The Morgan fingerprint density at radius 1 is 1.36 bits per heavy atom. The minimum absolute atomic E-state index is 0.0160. The number of primary amides is 1. The number of likely N-dealkylation sites (tertiary alicyclic amines) is 1. The highest BCUT2D eigenvalue weighted by atomic mass is 35.5. The summed E-state index contributed by atoms with van der Waals surface area (Å²) in [6.45, 7) is 1.12. The van der Waals surface area contributed by atoms with Gasteiger partial charge in [-0.25, -0.2) is 4.39 Å². The Labute approximate surface area is 138 Å². The van der Waals surface area contributed by atoms with Gasteiger partial charge in [0, 0.05) is 29.8 Å². The first-order chi connectivity index (χ1) is 10.5. The molecule has 2 N–H and O–H groups in total. The fraction of sp³-hybridized carbons (Fsp3) is 0.467. The molecule has 0 bridgehead atoms. The molecule has 0 radical (unpaired) electrons. The zero-order chi connectivity index (χ0) is 16.1. The van der Waals surface area contributed by atoms with Crippen molar-refractivity contribution in [2.24, 2.45) is 11.7 Å². The van der Waals surface area contributed by atoms with Crippen molar-refractivity contribution in [2.75, 3.05) is 18.8 Å². The molecule has 7 heteroatoms. The number of rotatable bonds is 5. The predicted octanol–water partition coefficient (Wildman–Crippen LogP) is 2.44. The number of nitrogens with two attached hydrogens (primary N) is 1. The zero-order valence-electron chi connectivity index (χ0n) is 12.1. The number of piperidine rings is 1. The van der Waals surface area contributed by atoms with Crippen molar-refractivity contribution in [3.8, 4) is 0 Å². The van der Waals surface area contributed by atoms with Gasteiger partial charge < -0.3 is 10.6 Å². The lowest BCUT2D eigenvalue weighted by atomic mass is 9.96. The summed E-state index contributed by atoms with van der Waals surface area (Å²) in [5, 5.41) is 0.361. The van der Waals surface area contributed by atoms with E-state index in [4.69, 9.17) is 17.3 Å². The molecule has 1 fully saturated rings. The fourth-order valence-corrected chi connectivity index (χ4v) is 3.46. The Kier molecular flexibility index (Phi) is 6.08. The van der Waals surface area contributed by atoms with Crippen molar-refractivity contribution >= 4 is 35.2 Å². The molecule has 4 nitrogen and oxygen atoms in total. The standard InChI is InChI=1S/C15H18ClFN2O2S/c16-12-2-1-11(13(17)7-12)8-22-9-14(20)19-5-3-10(4-6-19)15(18)21/h1-2,7,10H,3-6,8-9H2,(H2,18,21). The molecule has 2 amide bonds. The van der Waals surface area contributed by atoms with Crippen molar-refractivity contribution in [1.82, 2.24) is 4.90 Å². The van der Waals surface area contributed by atoms with Crippen LogP contribution in [-0.4, -0.2) is 35.6 Å². The van der Waals surface area contributed by atoms with Gasteiger partial charge in [-0.2, -0.15) is 0 Å². The first-order valence-corrected chi connectivity index (χ1v) is 8.59. The number of hydrogen-bond acceptors (Lipinski definition) is 3. The summed E-state index contributed by atoms with van der Waals surface area (Å²) in [7, 11) is 0. The topological polar surface area (TPSA) is 63.4 Å². The average molecular weight is 345 g/mol. The third kappa shape index (κ3) is 4.61. The molecule has 0 atom stereocenters. The van der Waals surface area contributed by atoms with E-state index in [0.29, 0.717) is 48.0 Å². The van der Waals surface area contributed by atoms with E-state index in [-0.39, 0.29) is 23.5 Å². The number of amides is 2. The summed E-state index contributed by atoms with van der Waals surface area (Å²) in [5.41, 5.74) is 5.80. The number of carbonyl (C=O) groups is 2. The molecule has 1 saturated heterocycles. The molecular formula is C15H18ClFN2O2S. The maximum atomic E-state index is 13.6. The van der Waals surface area contributed by atoms with Crippen molar-refractivity contribution in [2.45, 2.75) is 18.6 Å². The van der Waals surface area contributed by atoms with Gasteiger partial charge in [0.15, 0.2) is 0 Å². The number of halogens is 2. The lowest BCUT2D eigenvalue weighted by molar-refractivity contribution is -0.132. The molecule has 2 rings (SSSR count). The minimum Gasteiger partial charge on any atom is -0.369 e. The minimum atomic E-state index is -0.352. The average Bonchev–Trinajstić information content (AvgIpc) is 2.49. The number of benzene rings is 1. The largest absolute Gasteiger partial charge is 0.369 e. The quantitative estimate of drug-likeness (QED) is 0.892. The summed E-state index contributed by atoms with van der Waals surface area (Å²) >= 11 is 7.07. The van der Waals surface area contributed by atoms with Crippen LogP contribution in [0.4, 0.5) is 4.39 Å². The molecule has 0 saturated carbocycles. The van der Waals surface area contributed by atoms with Gasteiger partial charge in [0.25, 0.3) is 0 Å². The molecule has 0 aromatic heterocycles. The van der Waals surface area contributed by atoms with Crippen LogP contribution in [0.3, 0.4) is 0 Å². The maximum absolute atomic E-state index is 13.6. The second-order valence-electron chi connectivity index (χ2n) is 5.29. The molecule has 1 heterocycles. The molecule has 22 heavy (non-hydrogen) atoms. The van der Waals surface area contributed by atoms with E-state index in [2.05, 4.69) is 0 Å². The molecular weight excluding hydrogens is 327 g/mol. The zero-order valence-corrected chi connectivity index (χ0v) is 13.6. The van der Waals surface area contributed by atoms with E-state index in [9.17, 15) is 14.0 Å². The summed E-state index contributed by atoms with van der Waals surface area (Å²) < 4.78 is 13.6. The van der Waals surface area contributed by atoms with Crippen molar-refractivity contribution in [1.29, 1.82) is 0 Å². The van der Waals surface area contributed by atoms with Crippen LogP contribution in [0.2, 0.25) is 5.02 Å². The third-order valence-corrected chi connectivity index (χ3v) is 4.95. The van der Waals surface area contributed by atoms with E-state index < -0.39 is 0 Å². The SMILES string of the molecule is NC(=O)C1CCN(C(=O)CSCc2ccc(Cl)cc2F)CC1. The number of carbonyl (C=O) groups excluding carboxylic acids is 2. The first-order valence-electron chi connectivity index (χ1n) is 7.06. The lowest BCUT2D eigenvalue weighted by Crippen LogP contribution is -2.42. The van der Waals surface area contributed by atoms with Crippen LogP contribution in [0.5, 0.6) is 0 Å². The van der Waals surface area contributed by atoms with Crippen molar-refractivity contribution in [3.05, 3.63) is 34.6 Å². The van der Waals surface area contributed by atoms with Crippen molar-refractivity contribution in [3.63, 3.8) is 0 Å². The maximum Gasteiger partial charge on any atom is 0.232 e. The number of nitrogens with zero attached hydrogens (tertiary/aromatic N) is 1. The van der Waals surface area contributed by atoms with E-state index in [0.717, 1.165) is 0 Å². The molecule has 120 valence electrons. The monoisotopic (exact) mass is 344 g/mol. The van der Waals surface area contributed by atoms with Crippen LogP contribution >= 0.6 is 23.4 Å². The number of hydrogen-bond donors (Lipinski definition) is 1. The molecule has 0 aliphatic carbocycles. The van der Waals surface area contributed by atoms with Gasteiger partial charge in [-0.1, -0.05) is 17.7 Å².